The van der Waals surface area contributed by atoms with E-state index in [1.807, 2.05) is 0 Å². The topological polar surface area (TPSA) is 0 Å². The van der Waals surface area contributed by atoms with Crippen LogP contribution in [-0.2, 0) is 0 Å². The summed E-state index contributed by atoms with van der Waals surface area (Å²) in [5.41, 5.74) is 0. The average Bonchev–Trinajstić information content (AvgIpc) is 2.02. The predicted octanol–water partition coefficient (Wildman–Crippen LogP) is 1.66. The molecule has 0 bridgehead atoms. The van der Waals surface area contributed by atoms with E-state index in [4.69, 9.17) is 0 Å². The molecule has 3 aliphatic carbocycles. The summed E-state index contributed by atoms with van der Waals surface area (Å²) in [6, 6.07) is 0. The van der Waals surface area contributed by atoms with E-state index < -0.39 is 0 Å². The third-order valence-electron chi connectivity index (χ3n) is 3.39. The lowest BCUT2D eigenvalue weighted by molar-refractivity contribution is 0.270. The maximum Gasteiger partial charge on any atom is -0.0323 e. The molecule has 0 radical (unpaired) electrons. The standard InChI is InChI=1S/C7H10/c1-2-5-6-3-4(1)7(5)6/h4-7H,1-3H2/t4-,5?,6-,7?/m1/s1. The van der Waals surface area contributed by atoms with Crippen molar-refractivity contribution in [3.63, 3.8) is 0 Å². The molecule has 0 aromatic heterocycles. The fourth-order valence-electron chi connectivity index (χ4n) is 2.94. The maximum absolute atomic E-state index is 1.62. The molecule has 0 heteroatoms. The molecule has 0 N–H and O–H groups in total. The summed E-state index contributed by atoms with van der Waals surface area (Å²) in [5.74, 6) is 5.03. The Morgan fingerprint density at radius 1 is 1.00 bits per heavy atom. The fourth-order valence-corrected chi connectivity index (χ4v) is 2.94. The third kappa shape index (κ3) is 0.181. The van der Waals surface area contributed by atoms with Crippen molar-refractivity contribution in [2.75, 3.05) is 0 Å². The minimum atomic E-state index is 1.23. The van der Waals surface area contributed by atoms with Gasteiger partial charge in [0.1, 0.15) is 0 Å². The Balaban J connectivity index is 2.07. The van der Waals surface area contributed by atoms with Gasteiger partial charge in [-0.25, -0.2) is 0 Å². The molecular weight excluding hydrogens is 84.1 g/mol. The first-order chi connectivity index (χ1) is 3.47. The van der Waals surface area contributed by atoms with E-state index in [0.717, 1.165) is 0 Å². The number of hydrogen-bond donors (Lipinski definition) is 0. The molecule has 0 aromatic rings. The van der Waals surface area contributed by atoms with Crippen molar-refractivity contribution in [3.8, 4) is 0 Å². The zero-order valence-electron chi connectivity index (χ0n) is 4.43. The molecule has 0 heterocycles. The smallest absolute Gasteiger partial charge is 0.0323 e. The molecule has 0 saturated heterocycles. The van der Waals surface area contributed by atoms with Crippen molar-refractivity contribution in [3.05, 3.63) is 0 Å². The van der Waals surface area contributed by atoms with Gasteiger partial charge in [-0.1, -0.05) is 0 Å². The van der Waals surface area contributed by atoms with Crippen LogP contribution in [0.1, 0.15) is 19.3 Å². The second-order valence-electron chi connectivity index (χ2n) is 3.48. The van der Waals surface area contributed by atoms with Gasteiger partial charge >= 0.3 is 0 Å². The van der Waals surface area contributed by atoms with E-state index in [1.54, 1.807) is 19.3 Å². The van der Waals surface area contributed by atoms with Crippen molar-refractivity contribution in [2.45, 2.75) is 19.3 Å². The van der Waals surface area contributed by atoms with Crippen LogP contribution in [-0.4, -0.2) is 0 Å². The molecule has 38 valence electrons. The summed E-state index contributed by atoms with van der Waals surface area (Å²) in [6.45, 7) is 0. The van der Waals surface area contributed by atoms with Crippen LogP contribution >= 0.6 is 0 Å². The van der Waals surface area contributed by atoms with E-state index in [0.29, 0.717) is 0 Å². The SMILES string of the molecule is C1C[C@@H]2C[C@@H]3C1C23. The summed E-state index contributed by atoms with van der Waals surface area (Å²) in [5, 5.41) is 0. The monoisotopic (exact) mass is 94.1 g/mol. The molecule has 3 rings (SSSR count). The van der Waals surface area contributed by atoms with Crippen LogP contribution in [0.4, 0.5) is 0 Å². The van der Waals surface area contributed by atoms with Crippen LogP contribution in [0.25, 0.3) is 0 Å². The fraction of sp³-hybridized carbons (Fsp3) is 1.00. The largest absolute Gasteiger partial charge is 0.0499 e. The molecule has 2 unspecified atom stereocenters. The van der Waals surface area contributed by atoms with Gasteiger partial charge < -0.3 is 0 Å². The van der Waals surface area contributed by atoms with E-state index in [-0.39, 0.29) is 0 Å². The van der Waals surface area contributed by atoms with Crippen molar-refractivity contribution in [2.24, 2.45) is 23.7 Å². The highest BCUT2D eigenvalue weighted by Crippen LogP contribution is 2.72. The molecule has 0 nitrogen and oxygen atoms in total. The van der Waals surface area contributed by atoms with E-state index in [9.17, 15) is 0 Å². The highest BCUT2D eigenvalue weighted by atomic mass is 14.7. The Labute approximate surface area is 43.9 Å². The summed E-state index contributed by atoms with van der Waals surface area (Å²) < 4.78 is 0. The normalized spacial score (nSPS) is 72.0. The molecular formula is C7H10. The Morgan fingerprint density at radius 2 is 2.00 bits per heavy atom. The van der Waals surface area contributed by atoms with Crippen LogP contribution in [0.5, 0.6) is 0 Å². The van der Waals surface area contributed by atoms with Crippen LogP contribution in [0, 0.1) is 23.7 Å². The van der Waals surface area contributed by atoms with Crippen LogP contribution in [0.2, 0.25) is 0 Å². The lowest BCUT2D eigenvalue weighted by Crippen LogP contribution is -2.14. The summed E-state index contributed by atoms with van der Waals surface area (Å²) in [7, 11) is 0. The van der Waals surface area contributed by atoms with Gasteiger partial charge in [0, 0.05) is 0 Å². The number of hydrogen-bond acceptors (Lipinski definition) is 0. The second-order valence-corrected chi connectivity index (χ2v) is 3.48. The molecule has 3 aliphatic rings. The van der Waals surface area contributed by atoms with Crippen LogP contribution in [0.15, 0.2) is 0 Å². The van der Waals surface area contributed by atoms with E-state index >= 15 is 0 Å². The molecule has 4 atom stereocenters. The van der Waals surface area contributed by atoms with Crippen molar-refractivity contribution < 1.29 is 0 Å². The molecule has 7 heavy (non-hydrogen) atoms. The van der Waals surface area contributed by atoms with Gasteiger partial charge in [-0.05, 0) is 42.9 Å². The van der Waals surface area contributed by atoms with Gasteiger partial charge in [-0.2, -0.15) is 0 Å². The Bertz CT molecular complexity index is 104. The number of fused-ring (bicyclic) bond motifs is 1. The quantitative estimate of drug-likeness (QED) is 0.428. The highest BCUT2D eigenvalue weighted by Gasteiger charge is 2.65. The first-order valence-electron chi connectivity index (χ1n) is 3.47. The van der Waals surface area contributed by atoms with Crippen molar-refractivity contribution >= 4 is 0 Å². The lowest BCUT2D eigenvalue weighted by Gasteiger charge is -2.23. The van der Waals surface area contributed by atoms with E-state index in [1.165, 1.54) is 23.7 Å². The minimum absolute atomic E-state index is 1.23. The molecule has 3 fully saturated rings. The molecule has 0 aromatic carbocycles. The third-order valence-corrected chi connectivity index (χ3v) is 3.39. The van der Waals surface area contributed by atoms with E-state index in [2.05, 4.69) is 0 Å². The molecule has 0 amide bonds. The van der Waals surface area contributed by atoms with Crippen LogP contribution < -0.4 is 0 Å². The predicted molar refractivity (Wildman–Crippen MR) is 27.8 cm³/mol. The second kappa shape index (κ2) is 0.667. The Morgan fingerprint density at radius 3 is 2.14 bits per heavy atom. The first kappa shape index (κ1) is 3.11. The Hall–Kier alpha value is 0. The molecule has 3 saturated carbocycles. The zero-order valence-corrected chi connectivity index (χ0v) is 4.43. The van der Waals surface area contributed by atoms with Gasteiger partial charge in [-0.3, -0.25) is 0 Å². The molecule has 0 spiro atoms. The van der Waals surface area contributed by atoms with Crippen molar-refractivity contribution in [1.82, 2.24) is 0 Å². The van der Waals surface area contributed by atoms with Crippen LogP contribution in [0.3, 0.4) is 0 Å². The molecule has 0 aliphatic heterocycles. The summed E-state index contributed by atoms with van der Waals surface area (Å²) in [6.07, 6.45) is 4.81. The average molecular weight is 94.2 g/mol. The van der Waals surface area contributed by atoms with Gasteiger partial charge in [0.15, 0.2) is 0 Å². The maximum atomic E-state index is 1.62. The Kier molecular flexibility index (Phi) is 0.296. The first-order valence-corrected chi connectivity index (χ1v) is 3.47. The highest BCUT2D eigenvalue weighted by molar-refractivity contribution is 5.14. The lowest BCUT2D eigenvalue weighted by atomic mass is 9.82. The van der Waals surface area contributed by atoms with Gasteiger partial charge in [0.05, 0.1) is 0 Å². The van der Waals surface area contributed by atoms with Gasteiger partial charge in [-0.15, -0.1) is 0 Å². The summed E-state index contributed by atoms with van der Waals surface area (Å²) in [4.78, 5) is 0. The zero-order chi connectivity index (χ0) is 4.43. The minimum Gasteiger partial charge on any atom is -0.0499 e. The van der Waals surface area contributed by atoms with Gasteiger partial charge in [0.2, 0.25) is 0 Å². The van der Waals surface area contributed by atoms with Gasteiger partial charge in [0.25, 0.3) is 0 Å². The van der Waals surface area contributed by atoms with Crippen molar-refractivity contribution in [1.29, 1.82) is 0 Å². The number of rotatable bonds is 0. The summed E-state index contributed by atoms with van der Waals surface area (Å²) >= 11 is 0.